The van der Waals surface area contributed by atoms with Gasteiger partial charge in [0.2, 0.25) is 0 Å². The van der Waals surface area contributed by atoms with Gasteiger partial charge in [-0.3, -0.25) is 0 Å². The minimum absolute atomic E-state index is 0.324. The van der Waals surface area contributed by atoms with E-state index in [1.165, 1.54) is 3.97 Å². The Labute approximate surface area is 114 Å². The molecule has 3 nitrogen and oxygen atoms in total. The van der Waals surface area contributed by atoms with Crippen LogP contribution in [0.4, 0.5) is 0 Å². The highest BCUT2D eigenvalue weighted by molar-refractivity contribution is 7.90. The van der Waals surface area contributed by atoms with Crippen LogP contribution in [-0.4, -0.2) is 12.4 Å². The Hall–Kier alpha value is -1.55. The average molecular weight is 277 g/mol. The molecule has 19 heavy (non-hydrogen) atoms. The summed E-state index contributed by atoms with van der Waals surface area (Å²) < 4.78 is 26.1. The van der Waals surface area contributed by atoms with Gasteiger partial charge in [-0.1, -0.05) is 31.5 Å². The van der Waals surface area contributed by atoms with Gasteiger partial charge in [-0.15, -0.1) is 0 Å². The summed E-state index contributed by atoms with van der Waals surface area (Å²) in [6.07, 6.45) is 4.21. The first-order chi connectivity index (χ1) is 8.89. The van der Waals surface area contributed by atoms with E-state index >= 15 is 0 Å². The molecule has 2 rings (SSSR count). The molecule has 0 bridgehead atoms. The van der Waals surface area contributed by atoms with Crippen LogP contribution in [0.3, 0.4) is 0 Å². The first kappa shape index (κ1) is 13.9. The normalized spacial score (nSPS) is 12.0. The number of nitrogens with zero attached hydrogens (tertiary/aromatic N) is 1. The van der Waals surface area contributed by atoms with Gasteiger partial charge in [0.25, 0.3) is 10.0 Å². The Balaban J connectivity index is 2.34. The molecule has 0 aliphatic rings. The van der Waals surface area contributed by atoms with Crippen LogP contribution < -0.4 is 0 Å². The van der Waals surface area contributed by atoms with Gasteiger partial charge in [-0.25, -0.2) is 12.4 Å². The Bertz CT molecular complexity index is 652. The molecule has 0 amide bonds. The van der Waals surface area contributed by atoms with Crippen molar-refractivity contribution in [1.82, 2.24) is 3.97 Å². The lowest BCUT2D eigenvalue weighted by Crippen LogP contribution is -2.10. The molecule has 0 spiro atoms. The second-order valence-electron chi connectivity index (χ2n) is 5.27. The van der Waals surface area contributed by atoms with E-state index in [1.807, 2.05) is 25.1 Å². The van der Waals surface area contributed by atoms with Crippen LogP contribution in [-0.2, 0) is 16.4 Å². The van der Waals surface area contributed by atoms with Crippen molar-refractivity contribution in [1.29, 1.82) is 0 Å². The first-order valence-electron chi connectivity index (χ1n) is 6.38. The monoisotopic (exact) mass is 277 g/mol. The third kappa shape index (κ3) is 3.07. The van der Waals surface area contributed by atoms with Gasteiger partial charge in [0.05, 0.1) is 4.90 Å². The third-order valence-corrected chi connectivity index (χ3v) is 4.62. The highest BCUT2D eigenvalue weighted by Gasteiger charge is 2.16. The molecule has 0 fully saturated rings. The Kier molecular flexibility index (Phi) is 3.80. The summed E-state index contributed by atoms with van der Waals surface area (Å²) in [5.74, 6) is 0.512. The van der Waals surface area contributed by atoms with Crippen LogP contribution >= 0.6 is 0 Å². The predicted molar refractivity (Wildman–Crippen MR) is 76.7 cm³/mol. The number of hydrogen-bond acceptors (Lipinski definition) is 2. The quantitative estimate of drug-likeness (QED) is 0.860. The van der Waals surface area contributed by atoms with E-state index in [0.717, 1.165) is 17.5 Å². The van der Waals surface area contributed by atoms with Crippen LogP contribution in [0.1, 0.15) is 25.0 Å². The zero-order valence-corrected chi connectivity index (χ0v) is 12.3. The molecule has 1 aromatic carbocycles. The largest absolute Gasteiger partial charge is 0.267 e. The molecule has 0 saturated carbocycles. The van der Waals surface area contributed by atoms with E-state index in [1.54, 1.807) is 24.5 Å². The molecule has 2 aromatic rings. The van der Waals surface area contributed by atoms with Crippen LogP contribution in [0.15, 0.2) is 47.6 Å². The molecular weight excluding hydrogens is 258 g/mol. The predicted octanol–water partition coefficient (Wildman–Crippen LogP) is 3.23. The number of rotatable bonds is 4. The summed E-state index contributed by atoms with van der Waals surface area (Å²) >= 11 is 0. The summed E-state index contributed by atoms with van der Waals surface area (Å²) in [7, 11) is -3.45. The van der Waals surface area contributed by atoms with Gasteiger partial charge in [0, 0.05) is 12.4 Å². The van der Waals surface area contributed by atoms with Crippen molar-refractivity contribution in [3.63, 3.8) is 0 Å². The van der Waals surface area contributed by atoms with Crippen LogP contribution in [0.2, 0.25) is 0 Å². The zero-order valence-electron chi connectivity index (χ0n) is 11.5. The van der Waals surface area contributed by atoms with Crippen LogP contribution in [0, 0.1) is 12.8 Å². The van der Waals surface area contributed by atoms with Crippen molar-refractivity contribution in [2.75, 3.05) is 0 Å². The number of aromatic nitrogens is 1. The fourth-order valence-electron chi connectivity index (χ4n) is 1.99. The molecule has 1 aromatic heterocycles. The van der Waals surface area contributed by atoms with Gasteiger partial charge in [-0.2, -0.15) is 0 Å². The smallest absolute Gasteiger partial charge is 0.249 e. The molecule has 0 radical (unpaired) electrons. The summed E-state index contributed by atoms with van der Waals surface area (Å²) in [5, 5.41) is 0. The minimum atomic E-state index is -3.45. The second-order valence-corrected chi connectivity index (χ2v) is 7.11. The summed E-state index contributed by atoms with van der Waals surface area (Å²) in [5.41, 5.74) is 2.10. The second kappa shape index (κ2) is 5.21. The molecule has 0 N–H and O–H groups in total. The van der Waals surface area contributed by atoms with Crippen molar-refractivity contribution in [3.8, 4) is 0 Å². The highest BCUT2D eigenvalue weighted by atomic mass is 32.2. The van der Waals surface area contributed by atoms with E-state index in [0.29, 0.717) is 10.8 Å². The van der Waals surface area contributed by atoms with E-state index in [4.69, 9.17) is 0 Å². The lowest BCUT2D eigenvalue weighted by Gasteiger charge is -2.06. The molecular formula is C15H19NO2S. The lowest BCUT2D eigenvalue weighted by atomic mass is 10.1. The van der Waals surface area contributed by atoms with Crippen molar-refractivity contribution in [2.45, 2.75) is 32.1 Å². The van der Waals surface area contributed by atoms with Gasteiger partial charge in [-0.05, 0) is 43.0 Å². The van der Waals surface area contributed by atoms with E-state index in [-0.39, 0.29) is 0 Å². The highest BCUT2D eigenvalue weighted by Crippen LogP contribution is 2.17. The Morgan fingerprint density at radius 1 is 1.11 bits per heavy atom. The number of hydrogen-bond donors (Lipinski definition) is 0. The fraction of sp³-hybridized carbons (Fsp3) is 0.333. The van der Waals surface area contributed by atoms with E-state index in [9.17, 15) is 8.42 Å². The maximum atomic E-state index is 12.4. The van der Waals surface area contributed by atoms with Gasteiger partial charge >= 0.3 is 0 Å². The molecule has 1 heterocycles. The molecule has 0 atom stereocenters. The van der Waals surface area contributed by atoms with Crippen molar-refractivity contribution >= 4 is 10.0 Å². The Morgan fingerprint density at radius 3 is 2.32 bits per heavy atom. The van der Waals surface area contributed by atoms with Crippen LogP contribution in [0.25, 0.3) is 0 Å². The molecule has 0 aliphatic heterocycles. The van der Waals surface area contributed by atoms with E-state index < -0.39 is 10.0 Å². The van der Waals surface area contributed by atoms with Crippen molar-refractivity contribution in [2.24, 2.45) is 5.92 Å². The summed E-state index contributed by atoms with van der Waals surface area (Å²) in [4.78, 5) is 0.324. The fourth-order valence-corrected chi connectivity index (χ4v) is 3.21. The van der Waals surface area contributed by atoms with Crippen molar-refractivity contribution in [3.05, 3.63) is 53.9 Å². The first-order valence-corrected chi connectivity index (χ1v) is 7.83. The maximum Gasteiger partial charge on any atom is 0.267 e. The maximum absolute atomic E-state index is 12.4. The van der Waals surface area contributed by atoms with Gasteiger partial charge in [0.15, 0.2) is 0 Å². The number of benzene rings is 1. The van der Waals surface area contributed by atoms with Crippen molar-refractivity contribution < 1.29 is 8.42 Å². The average Bonchev–Trinajstić information content (AvgIpc) is 2.78. The molecule has 102 valence electrons. The zero-order chi connectivity index (χ0) is 14.0. The molecule has 0 unspecified atom stereocenters. The van der Waals surface area contributed by atoms with Gasteiger partial charge < -0.3 is 0 Å². The summed E-state index contributed by atoms with van der Waals surface area (Å²) in [6.45, 7) is 6.17. The molecule has 0 saturated heterocycles. The Morgan fingerprint density at radius 2 is 1.74 bits per heavy atom. The molecule has 0 aliphatic carbocycles. The number of aryl methyl sites for hydroxylation is 1. The molecule has 4 heteroatoms. The topological polar surface area (TPSA) is 39.1 Å². The standard InChI is InChI=1S/C15H19NO2S/c1-12(2)10-14-8-9-16(11-14)19(17,18)15-6-4-13(3)5-7-15/h4-9,11-12H,10H2,1-3H3. The van der Waals surface area contributed by atoms with E-state index in [2.05, 4.69) is 13.8 Å². The lowest BCUT2D eigenvalue weighted by molar-refractivity contribution is 0.587. The van der Waals surface area contributed by atoms with Crippen LogP contribution in [0.5, 0.6) is 0 Å². The SMILES string of the molecule is Cc1ccc(S(=O)(=O)n2ccc(CC(C)C)c2)cc1. The third-order valence-electron chi connectivity index (χ3n) is 2.97. The minimum Gasteiger partial charge on any atom is -0.249 e. The summed E-state index contributed by atoms with van der Waals surface area (Å²) in [6, 6.07) is 8.78. The van der Waals surface area contributed by atoms with Gasteiger partial charge in [0.1, 0.15) is 0 Å².